The van der Waals surface area contributed by atoms with Crippen LogP contribution in [-0.4, -0.2) is 10.1 Å². The Morgan fingerprint density at radius 3 is 2.50 bits per heavy atom. The van der Waals surface area contributed by atoms with E-state index >= 15 is 0 Å². The predicted molar refractivity (Wildman–Crippen MR) is 83.0 cm³/mol. The van der Waals surface area contributed by atoms with Gasteiger partial charge in [0.1, 0.15) is 0 Å². The van der Waals surface area contributed by atoms with Crippen molar-refractivity contribution in [1.29, 1.82) is 0 Å². The summed E-state index contributed by atoms with van der Waals surface area (Å²) >= 11 is 6.37. The quantitative estimate of drug-likeness (QED) is 0.681. The van der Waals surface area contributed by atoms with Crippen LogP contribution in [0.25, 0.3) is 10.9 Å². The monoisotopic (exact) mass is 286 g/mol. The van der Waals surface area contributed by atoms with Gasteiger partial charge in [0.15, 0.2) is 0 Å². The van der Waals surface area contributed by atoms with E-state index < -0.39 is 0 Å². The average Bonchev–Trinajstić information content (AvgIpc) is 2.83. The van der Waals surface area contributed by atoms with Crippen molar-refractivity contribution in [2.24, 2.45) is 0 Å². The molecule has 1 aromatic heterocycles. The molecule has 0 spiro atoms. The Labute approximate surface area is 122 Å². The molecule has 0 bridgehead atoms. The first-order valence-electron chi connectivity index (χ1n) is 6.46. The van der Waals surface area contributed by atoms with Crippen LogP contribution in [-0.2, 0) is 13.2 Å². The van der Waals surface area contributed by atoms with Gasteiger partial charge < -0.3 is 15.4 Å². The third-order valence-electron chi connectivity index (χ3n) is 3.32. The Morgan fingerprint density at radius 2 is 1.80 bits per heavy atom. The highest BCUT2D eigenvalue weighted by Crippen LogP contribution is 2.27. The third kappa shape index (κ3) is 2.50. The second kappa shape index (κ2) is 5.57. The number of aromatic amines is 1. The minimum absolute atomic E-state index is 0.0636. The molecule has 3 nitrogen and oxygen atoms in total. The molecule has 0 saturated carbocycles. The highest BCUT2D eigenvalue weighted by molar-refractivity contribution is 6.36. The molecule has 3 N–H and O–H groups in total. The summed E-state index contributed by atoms with van der Waals surface area (Å²) in [6.45, 7) is 0.695. The third-order valence-corrected chi connectivity index (χ3v) is 3.75. The Hall–Kier alpha value is -1.97. The molecule has 0 radical (unpaired) electrons. The smallest absolute Gasteiger partial charge is 0.0710 e. The fraction of sp³-hybridized carbons (Fsp3) is 0.125. The molecule has 0 fully saturated rings. The van der Waals surface area contributed by atoms with Gasteiger partial charge in [-0.05, 0) is 23.8 Å². The van der Waals surface area contributed by atoms with E-state index in [0.29, 0.717) is 6.54 Å². The summed E-state index contributed by atoms with van der Waals surface area (Å²) < 4.78 is 0. The van der Waals surface area contributed by atoms with E-state index in [1.807, 2.05) is 48.5 Å². The summed E-state index contributed by atoms with van der Waals surface area (Å²) in [4.78, 5) is 3.32. The van der Waals surface area contributed by atoms with E-state index in [4.69, 9.17) is 16.7 Å². The number of benzene rings is 2. The number of hydrogen-bond acceptors (Lipinski definition) is 2. The maximum atomic E-state index is 9.01. The molecule has 102 valence electrons. The molecule has 0 unspecified atom stereocenters. The van der Waals surface area contributed by atoms with E-state index in [-0.39, 0.29) is 6.61 Å². The molecule has 20 heavy (non-hydrogen) atoms. The summed E-state index contributed by atoms with van der Waals surface area (Å²) in [6.07, 6.45) is 0. The minimum Gasteiger partial charge on any atom is -0.392 e. The number of hydrogen-bond donors (Lipinski definition) is 3. The van der Waals surface area contributed by atoms with Gasteiger partial charge in [0.05, 0.1) is 23.9 Å². The number of H-pyrrole nitrogens is 1. The molecule has 2 aromatic carbocycles. The molecule has 0 aliphatic rings. The summed E-state index contributed by atoms with van der Waals surface area (Å²) in [7, 11) is 0. The highest BCUT2D eigenvalue weighted by Gasteiger charge is 2.08. The van der Waals surface area contributed by atoms with Crippen LogP contribution in [0.3, 0.4) is 0 Å². The molecule has 0 saturated heterocycles. The van der Waals surface area contributed by atoms with Crippen LogP contribution >= 0.6 is 11.6 Å². The van der Waals surface area contributed by atoms with Crippen molar-refractivity contribution in [3.05, 3.63) is 64.8 Å². The molecule has 0 atom stereocenters. The Balaban J connectivity index is 1.77. The van der Waals surface area contributed by atoms with Crippen LogP contribution in [0.5, 0.6) is 0 Å². The number of anilines is 1. The van der Waals surface area contributed by atoms with Crippen molar-refractivity contribution in [3.8, 4) is 0 Å². The van der Waals surface area contributed by atoms with Gasteiger partial charge in [0, 0.05) is 16.6 Å². The zero-order chi connectivity index (χ0) is 13.9. The summed E-state index contributed by atoms with van der Waals surface area (Å²) in [6, 6.07) is 15.7. The standard InChI is InChI=1S/C16H15ClN2O/c17-16-13-3-1-2-4-14(13)19-15(16)9-18-12-7-5-11(10-20)6-8-12/h1-8,18-20H,9-10H2. The molecular weight excluding hydrogens is 272 g/mol. The van der Waals surface area contributed by atoms with Crippen molar-refractivity contribution in [2.75, 3.05) is 5.32 Å². The lowest BCUT2D eigenvalue weighted by Crippen LogP contribution is -2.00. The minimum atomic E-state index is 0.0636. The molecular formula is C16H15ClN2O. The van der Waals surface area contributed by atoms with Gasteiger partial charge in [-0.3, -0.25) is 0 Å². The van der Waals surface area contributed by atoms with Gasteiger partial charge in [-0.25, -0.2) is 0 Å². The van der Waals surface area contributed by atoms with E-state index in [2.05, 4.69) is 10.3 Å². The number of aliphatic hydroxyl groups excluding tert-OH is 1. The number of nitrogens with one attached hydrogen (secondary N) is 2. The number of para-hydroxylation sites is 1. The molecule has 0 aliphatic carbocycles. The largest absolute Gasteiger partial charge is 0.392 e. The molecule has 3 rings (SSSR count). The van der Waals surface area contributed by atoms with Gasteiger partial charge in [-0.2, -0.15) is 0 Å². The summed E-state index contributed by atoms with van der Waals surface area (Å²) in [5, 5.41) is 14.1. The van der Waals surface area contributed by atoms with Gasteiger partial charge in [-0.1, -0.05) is 41.9 Å². The molecule has 0 aliphatic heterocycles. The van der Waals surface area contributed by atoms with E-state index in [1.165, 1.54) is 0 Å². The Bertz CT molecular complexity index is 719. The van der Waals surface area contributed by atoms with Crippen molar-refractivity contribution in [3.63, 3.8) is 0 Å². The number of fused-ring (bicyclic) bond motifs is 1. The fourth-order valence-electron chi connectivity index (χ4n) is 2.20. The second-order valence-electron chi connectivity index (χ2n) is 4.67. The van der Waals surface area contributed by atoms with Gasteiger partial charge in [-0.15, -0.1) is 0 Å². The number of aromatic nitrogens is 1. The van der Waals surface area contributed by atoms with Gasteiger partial charge in [0.2, 0.25) is 0 Å². The fourth-order valence-corrected chi connectivity index (χ4v) is 2.48. The number of halogens is 1. The second-order valence-corrected chi connectivity index (χ2v) is 5.05. The van der Waals surface area contributed by atoms with Crippen LogP contribution in [0.1, 0.15) is 11.3 Å². The topological polar surface area (TPSA) is 48.0 Å². The first-order valence-corrected chi connectivity index (χ1v) is 6.84. The lowest BCUT2D eigenvalue weighted by atomic mass is 10.2. The lowest BCUT2D eigenvalue weighted by molar-refractivity contribution is 0.282. The van der Waals surface area contributed by atoms with Gasteiger partial charge >= 0.3 is 0 Å². The van der Waals surface area contributed by atoms with E-state index in [0.717, 1.165) is 32.9 Å². The summed E-state index contributed by atoms with van der Waals surface area (Å²) in [5.74, 6) is 0. The maximum absolute atomic E-state index is 9.01. The predicted octanol–water partition coefficient (Wildman–Crippen LogP) is 3.93. The summed E-state index contributed by atoms with van der Waals surface area (Å²) in [5.41, 5.74) is 3.92. The van der Waals surface area contributed by atoms with Crippen molar-refractivity contribution < 1.29 is 5.11 Å². The number of rotatable bonds is 4. The SMILES string of the molecule is OCc1ccc(NCc2[nH]c3ccccc3c2Cl)cc1. The van der Waals surface area contributed by atoms with Crippen molar-refractivity contribution in [1.82, 2.24) is 4.98 Å². The van der Waals surface area contributed by atoms with Crippen molar-refractivity contribution >= 4 is 28.2 Å². The highest BCUT2D eigenvalue weighted by atomic mass is 35.5. The van der Waals surface area contributed by atoms with E-state index in [1.54, 1.807) is 0 Å². The Morgan fingerprint density at radius 1 is 1.05 bits per heavy atom. The molecule has 3 aromatic rings. The van der Waals surface area contributed by atoms with E-state index in [9.17, 15) is 0 Å². The van der Waals surface area contributed by atoms with Crippen LogP contribution in [0, 0.1) is 0 Å². The van der Waals surface area contributed by atoms with Crippen molar-refractivity contribution in [2.45, 2.75) is 13.2 Å². The zero-order valence-corrected chi connectivity index (χ0v) is 11.6. The lowest BCUT2D eigenvalue weighted by Gasteiger charge is -2.06. The molecule has 1 heterocycles. The van der Waals surface area contributed by atoms with Crippen LogP contribution < -0.4 is 5.32 Å². The van der Waals surface area contributed by atoms with Crippen LogP contribution in [0.15, 0.2) is 48.5 Å². The first kappa shape index (κ1) is 13.0. The first-order chi connectivity index (χ1) is 9.78. The average molecular weight is 287 g/mol. The maximum Gasteiger partial charge on any atom is 0.0710 e. The molecule has 0 amide bonds. The number of aliphatic hydroxyl groups is 1. The van der Waals surface area contributed by atoms with Crippen LogP contribution in [0.4, 0.5) is 5.69 Å². The molecule has 4 heteroatoms. The van der Waals surface area contributed by atoms with Crippen LogP contribution in [0.2, 0.25) is 5.02 Å². The zero-order valence-electron chi connectivity index (χ0n) is 10.9. The van der Waals surface area contributed by atoms with Gasteiger partial charge in [0.25, 0.3) is 0 Å². The Kier molecular flexibility index (Phi) is 3.63. The normalized spacial score (nSPS) is 10.9.